The molecule has 0 amide bonds. The molecule has 1 nitrogen and oxygen atoms in total. The smallest absolute Gasteiger partial charge is 0.125 e. The van der Waals surface area contributed by atoms with Crippen molar-refractivity contribution in [1.29, 1.82) is 0 Å². The Kier molecular flexibility index (Phi) is 3.48. The first-order valence-corrected chi connectivity index (χ1v) is 5.91. The van der Waals surface area contributed by atoms with Crippen LogP contribution in [0.1, 0.15) is 22.3 Å². The van der Waals surface area contributed by atoms with Crippen molar-refractivity contribution in [2.24, 2.45) is 0 Å². The Hall–Kier alpha value is -1.76. The first kappa shape index (κ1) is 11.7. The number of benzene rings is 2. The second kappa shape index (κ2) is 5.05. The molecule has 0 N–H and O–H groups in total. The molecule has 0 aliphatic carbocycles. The van der Waals surface area contributed by atoms with E-state index in [9.17, 15) is 0 Å². The lowest BCUT2D eigenvalue weighted by atomic mass is 10.1. The monoisotopic (exact) mass is 226 g/mol. The van der Waals surface area contributed by atoms with Gasteiger partial charge in [0, 0.05) is 0 Å². The predicted octanol–water partition coefficient (Wildman–Crippen LogP) is 4.19. The normalized spacial score (nSPS) is 10.3. The quantitative estimate of drug-likeness (QED) is 0.762. The van der Waals surface area contributed by atoms with Crippen LogP contribution in [0.5, 0.6) is 5.75 Å². The van der Waals surface area contributed by atoms with E-state index in [2.05, 4.69) is 63.2 Å². The number of hydrogen-bond donors (Lipinski definition) is 0. The van der Waals surface area contributed by atoms with Gasteiger partial charge in [0.2, 0.25) is 0 Å². The van der Waals surface area contributed by atoms with Crippen LogP contribution in [0.3, 0.4) is 0 Å². The molecule has 2 rings (SSSR count). The largest absolute Gasteiger partial charge is 0.488 e. The minimum atomic E-state index is 0.631. The standard InChI is InChI=1S/C16H18O/c1-12-7-9-15(10-8-12)11-17-16-13(2)5-4-6-14(16)3/h4-10H,11H2,1-3H3. The van der Waals surface area contributed by atoms with E-state index in [4.69, 9.17) is 4.74 Å². The average Bonchev–Trinajstić information content (AvgIpc) is 2.31. The Morgan fingerprint density at radius 3 is 2.00 bits per heavy atom. The zero-order valence-corrected chi connectivity index (χ0v) is 10.7. The molecule has 17 heavy (non-hydrogen) atoms. The second-order valence-corrected chi connectivity index (χ2v) is 4.50. The van der Waals surface area contributed by atoms with Gasteiger partial charge in [0.1, 0.15) is 12.4 Å². The van der Waals surface area contributed by atoms with Crippen LogP contribution < -0.4 is 4.74 Å². The SMILES string of the molecule is Cc1ccc(COc2c(C)cccc2C)cc1. The van der Waals surface area contributed by atoms with Gasteiger partial charge in [0.15, 0.2) is 0 Å². The molecule has 0 spiro atoms. The fraction of sp³-hybridized carbons (Fsp3) is 0.250. The Bertz CT molecular complexity index is 477. The molecule has 0 aliphatic heterocycles. The van der Waals surface area contributed by atoms with Crippen molar-refractivity contribution in [2.75, 3.05) is 0 Å². The van der Waals surface area contributed by atoms with Crippen molar-refractivity contribution < 1.29 is 4.74 Å². The van der Waals surface area contributed by atoms with Gasteiger partial charge in [-0.2, -0.15) is 0 Å². The molecule has 88 valence electrons. The van der Waals surface area contributed by atoms with Gasteiger partial charge in [-0.05, 0) is 37.5 Å². The summed E-state index contributed by atoms with van der Waals surface area (Å²) in [5.41, 5.74) is 4.87. The van der Waals surface area contributed by atoms with Gasteiger partial charge in [-0.25, -0.2) is 0 Å². The fourth-order valence-corrected chi connectivity index (χ4v) is 1.87. The summed E-state index contributed by atoms with van der Waals surface area (Å²) in [6, 6.07) is 14.7. The topological polar surface area (TPSA) is 9.23 Å². The van der Waals surface area contributed by atoms with Gasteiger partial charge >= 0.3 is 0 Å². The lowest BCUT2D eigenvalue weighted by Crippen LogP contribution is -1.98. The third kappa shape index (κ3) is 2.88. The molecule has 0 atom stereocenters. The summed E-state index contributed by atoms with van der Waals surface area (Å²) < 4.78 is 5.89. The van der Waals surface area contributed by atoms with E-state index >= 15 is 0 Å². The summed E-state index contributed by atoms with van der Waals surface area (Å²) in [6.07, 6.45) is 0. The Labute approximate surface area is 103 Å². The molecule has 0 unspecified atom stereocenters. The van der Waals surface area contributed by atoms with E-state index in [1.807, 2.05) is 0 Å². The summed E-state index contributed by atoms with van der Waals surface area (Å²) >= 11 is 0. The Morgan fingerprint density at radius 2 is 1.41 bits per heavy atom. The maximum absolute atomic E-state index is 5.89. The molecule has 0 heterocycles. The van der Waals surface area contributed by atoms with Crippen molar-refractivity contribution in [2.45, 2.75) is 27.4 Å². The average molecular weight is 226 g/mol. The highest BCUT2D eigenvalue weighted by molar-refractivity contribution is 5.39. The van der Waals surface area contributed by atoms with Crippen LogP contribution in [0.4, 0.5) is 0 Å². The molecule has 0 saturated heterocycles. The van der Waals surface area contributed by atoms with Crippen molar-refractivity contribution in [3.63, 3.8) is 0 Å². The number of rotatable bonds is 3. The lowest BCUT2D eigenvalue weighted by Gasteiger charge is -2.12. The summed E-state index contributed by atoms with van der Waals surface area (Å²) in [4.78, 5) is 0. The summed E-state index contributed by atoms with van der Waals surface area (Å²) in [5, 5.41) is 0. The number of aryl methyl sites for hydroxylation is 3. The van der Waals surface area contributed by atoms with Crippen LogP contribution in [-0.2, 0) is 6.61 Å². The highest BCUT2D eigenvalue weighted by Gasteiger charge is 2.03. The summed E-state index contributed by atoms with van der Waals surface area (Å²) in [6.45, 7) is 6.89. The van der Waals surface area contributed by atoms with Gasteiger partial charge < -0.3 is 4.74 Å². The van der Waals surface area contributed by atoms with Crippen molar-refractivity contribution >= 4 is 0 Å². The Balaban J connectivity index is 2.10. The highest BCUT2D eigenvalue weighted by Crippen LogP contribution is 2.23. The molecular formula is C16H18O. The maximum Gasteiger partial charge on any atom is 0.125 e. The van der Waals surface area contributed by atoms with Gasteiger partial charge in [0.25, 0.3) is 0 Å². The zero-order valence-electron chi connectivity index (χ0n) is 10.7. The maximum atomic E-state index is 5.89. The molecule has 0 aromatic heterocycles. The molecule has 0 bridgehead atoms. The third-order valence-corrected chi connectivity index (χ3v) is 2.91. The van der Waals surface area contributed by atoms with Gasteiger partial charge in [-0.1, -0.05) is 48.0 Å². The van der Waals surface area contributed by atoms with Gasteiger partial charge in [-0.15, -0.1) is 0 Å². The van der Waals surface area contributed by atoms with Crippen LogP contribution in [0.15, 0.2) is 42.5 Å². The van der Waals surface area contributed by atoms with Crippen LogP contribution >= 0.6 is 0 Å². The fourth-order valence-electron chi connectivity index (χ4n) is 1.87. The molecule has 0 aliphatic rings. The van der Waals surface area contributed by atoms with Gasteiger partial charge in [0.05, 0.1) is 0 Å². The van der Waals surface area contributed by atoms with Crippen LogP contribution in [0.2, 0.25) is 0 Å². The van der Waals surface area contributed by atoms with Crippen LogP contribution in [-0.4, -0.2) is 0 Å². The van der Waals surface area contributed by atoms with Crippen molar-refractivity contribution in [3.8, 4) is 5.75 Å². The molecule has 2 aromatic rings. The van der Waals surface area contributed by atoms with Crippen LogP contribution in [0.25, 0.3) is 0 Å². The van der Waals surface area contributed by atoms with E-state index in [1.165, 1.54) is 22.3 Å². The molecule has 2 aromatic carbocycles. The van der Waals surface area contributed by atoms with Crippen molar-refractivity contribution in [1.82, 2.24) is 0 Å². The molecule has 0 fully saturated rings. The summed E-state index contributed by atoms with van der Waals surface area (Å²) in [5.74, 6) is 1.01. The number of hydrogen-bond acceptors (Lipinski definition) is 1. The highest BCUT2D eigenvalue weighted by atomic mass is 16.5. The minimum absolute atomic E-state index is 0.631. The summed E-state index contributed by atoms with van der Waals surface area (Å²) in [7, 11) is 0. The molecule has 0 saturated carbocycles. The number of para-hydroxylation sites is 1. The minimum Gasteiger partial charge on any atom is -0.488 e. The van der Waals surface area contributed by atoms with E-state index in [0.717, 1.165) is 5.75 Å². The Morgan fingerprint density at radius 1 is 0.824 bits per heavy atom. The lowest BCUT2D eigenvalue weighted by molar-refractivity contribution is 0.302. The van der Waals surface area contributed by atoms with Crippen LogP contribution in [0, 0.1) is 20.8 Å². The van der Waals surface area contributed by atoms with E-state index in [0.29, 0.717) is 6.61 Å². The van der Waals surface area contributed by atoms with Crippen molar-refractivity contribution in [3.05, 3.63) is 64.7 Å². The third-order valence-electron chi connectivity index (χ3n) is 2.91. The molecular weight excluding hydrogens is 208 g/mol. The van der Waals surface area contributed by atoms with E-state index in [1.54, 1.807) is 0 Å². The second-order valence-electron chi connectivity index (χ2n) is 4.50. The first-order valence-electron chi connectivity index (χ1n) is 5.91. The molecule has 0 radical (unpaired) electrons. The number of ether oxygens (including phenoxy) is 1. The zero-order chi connectivity index (χ0) is 12.3. The van der Waals surface area contributed by atoms with Gasteiger partial charge in [-0.3, -0.25) is 0 Å². The first-order chi connectivity index (χ1) is 8.16. The van der Waals surface area contributed by atoms with E-state index < -0.39 is 0 Å². The predicted molar refractivity (Wildman–Crippen MR) is 71.4 cm³/mol. The molecule has 1 heteroatoms. The van der Waals surface area contributed by atoms with E-state index in [-0.39, 0.29) is 0 Å².